The van der Waals surface area contributed by atoms with Gasteiger partial charge in [-0.1, -0.05) is 12.1 Å². The lowest BCUT2D eigenvalue weighted by molar-refractivity contribution is -0.137. The molecule has 12 heteroatoms. The van der Waals surface area contributed by atoms with Crippen LogP contribution in [0.5, 0.6) is 0 Å². The van der Waals surface area contributed by atoms with E-state index < -0.39 is 29.4 Å². The minimum Gasteiger partial charge on any atom is -0.465 e. The van der Waals surface area contributed by atoms with Crippen molar-refractivity contribution in [2.24, 2.45) is 0 Å². The van der Waals surface area contributed by atoms with E-state index in [1.165, 1.54) is 42.3 Å². The van der Waals surface area contributed by atoms with Crippen LogP contribution in [-0.2, 0) is 15.7 Å². The Morgan fingerprint density at radius 2 is 1.69 bits per heavy atom. The lowest BCUT2D eigenvalue weighted by Gasteiger charge is -2.35. The number of Topliss-reactive ketones (excluding diaryl/α,β-unsaturated/α-hetero) is 1. The number of pyridine rings is 1. The number of nitrogens with zero attached hydrogens (tertiary/aromatic N) is 4. The van der Waals surface area contributed by atoms with Crippen molar-refractivity contribution >= 4 is 34.5 Å². The zero-order valence-electron chi connectivity index (χ0n) is 20.7. The lowest BCUT2D eigenvalue weighted by Crippen LogP contribution is -2.50. The second-order valence-electron chi connectivity index (χ2n) is 8.90. The second kappa shape index (κ2) is 10.2. The van der Waals surface area contributed by atoms with Gasteiger partial charge in [0.05, 0.1) is 29.3 Å². The molecule has 0 aliphatic carbocycles. The highest BCUT2D eigenvalue weighted by Gasteiger charge is 2.31. The molecule has 0 bridgehead atoms. The molecule has 9 nitrogen and oxygen atoms in total. The molecule has 39 heavy (non-hydrogen) atoms. The first-order chi connectivity index (χ1) is 18.6. The molecule has 3 heterocycles. The molecule has 1 amide bonds. The summed E-state index contributed by atoms with van der Waals surface area (Å²) in [5.74, 6) is -0.907. The summed E-state index contributed by atoms with van der Waals surface area (Å²) < 4.78 is 43.7. The van der Waals surface area contributed by atoms with Crippen molar-refractivity contribution in [3.05, 3.63) is 77.5 Å². The van der Waals surface area contributed by atoms with E-state index in [1.54, 1.807) is 18.3 Å². The van der Waals surface area contributed by atoms with Crippen molar-refractivity contribution in [2.45, 2.75) is 6.18 Å². The number of imidazole rings is 1. The number of ether oxygens (including phenoxy) is 1. The molecule has 0 atom stereocenters. The summed E-state index contributed by atoms with van der Waals surface area (Å²) in [6, 6.07) is 12.7. The molecular formula is C27H22F3N5O4. The number of anilines is 1. The van der Waals surface area contributed by atoms with E-state index in [-0.39, 0.29) is 16.6 Å². The van der Waals surface area contributed by atoms with E-state index in [0.717, 1.165) is 12.1 Å². The van der Waals surface area contributed by atoms with Crippen LogP contribution in [0.25, 0.3) is 22.4 Å². The molecule has 2 aromatic carbocycles. The standard InChI is InChI=1S/C27H22F3N5O4/c1-39-26(38)17-4-2-3-16(13-17)23(36)25(37)35-11-9-34(10-12-35)22-8-5-18(15-31-22)24-32-20-7-6-19(27(28,29)30)14-21(20)33-24/h2-8,13-15H,9-12H2,1H3,(H,32,33). The van der Waals surface area contributed by atoms with Crippen LogP contribution >= 0.6 is 0 Å². The highest BCUT2D eigenvalue weighted by atomic mass is 19.4. The molecule has 1 saturated heterocycles. The number of carbonyl (C=O) groups excluding carboxylic acids is 3. The number of benzene rings is 2. The van der Waals surface area contributed by atoms with Gasteiger partial charge in [0.1, 0.15) is 11.6 Å². The first-order valence-electron chi connectivity index (χ1n) is 11.9. The fourth-order valence-electron chi connectivity index (χ4n) is 4.35. The average Bonchev–Trinajstić information content (AvgIpc) is 3.39. The number of halogens is 3. The van der Waals surface area contributed by atoms with Gasteiger partial charge < -0.3 is 19.5 Å². The summed E-state index contributed by atoms with van der Waals surface area (Å²) in [4.78, 5) is 52.4. The van der Waals surface area contributed by atoms with Crippen LogP contribution < -0.4 is 4.90 Å². The SMILES string of the molecule is COC(=O)c1cccc(C(=O)C(=O)N2CCN(c3ccc(-c4nc5ccc(C(F)(F)F)cc5[nH]4)cn3)CC2)c1. The maximum Gasteiger partial charge on any atom is 0.416 e. The fraction of sp³-hybridized carbons (Fsp3) is 0.222. The number of piperazine rings is 1. The number of amides is 1. The number of esters is 1. The predicted molar refractivity (Wildman–Crippen MR) is 135 cm³/mol. The van der Waals surface area contributed by atoms with E-state index in [0.29, 0.717) is 48.9 Å². The number of H-pyrrole nitrogens is 1. The summed E-state index contributed by atoms with van der Waals surface area (Å²) in [5, 5.41) is 0. The highest BCUT2D eigenvalue weighted by molar-refractivity contribution is 6.42. The average molecular weight is 537 g/mol. The van der Waals surface area contributed by atoms with E-state index in [9.17, 15) is 27.6 Å². The molecule has 1 N–H and O–H groups in total. The molecular weight excluding hydrogens is 515 g/mol. The molecule has 1 aliphatic heterocycles. The van der Waals surface area contributed by atoms with E-state index in [4.69, 9.17) is 0 Å². The van der Waals surface area contributed by atoms with Gasteiger partial charge in [0.2, 0.25) is 5.78 Å². The van der Waals surface area contributed by atoms with Crippen molar-refractivity contribution in [3.8, 4) is 11.4 Å². The number of rotatable bonds is 5. The lowest BCUT2D eigenvalue weighted by atomic mass is 10.1. The fourth-order valence-corrected chi connectivity index (χ4v) is 4.35. The number of aromatic amines is 1. The van der Waals surface area contributed by atoms with Crippen molar-refractivity contribution in [1.29, 1.82) is 0 Å². The minimum absolute atomic E-state index is 0.114. The summed E-state index contributed by atoms with van der Waals surface area (Å²) in [6.45, 7) is 1.49. The zero-order chi connectivity index (χ0) is 27.7. The molecule has 2 aromatic heterocycles. The molecule has 200 valence electrons. The molecule has 1 aliphatic rings. The second-order valence-corrected chi connectivity index (χ2v) is 8.90. The Morgan fingerprint density at radius 1 is 0.949 bits per heavy atom. The van der Waals surface area contributed by atoms with E-state index in [1.807, 2.05) is 4.90 Å². The normalized spacial score (nSPS) is 13.9. The van der Waals surface area contributed by atoms with Crippen LogP contribution in [0.3, 0.4) is 0 Å². The predicted octanol–water partition coefficient (Wildman–Crippen LogP) is 3.96. The van der Waals surface area contributed by atoms with Gasteiger partial charge in [-0.3, -0.25) is 9.59 Å². The summed E-state index contributed by atoms with van der Waals surface area (Å²) in [5.41, 5.74) is 0.836. The van der Waals surface area contributed by atoms with E-state index in [2.05, 4.69) is 19.7 Å². The Balaban J connectivity index is 1.22. The van der Waals surface area contributed by atoms with E-state index >= 15 is 0 Å². The van der Waals surface area contributed by atoms with Gasteiger partial charge in [-0.25, -0.2) is 14.8 Å². The molecule has 5 rings (SSSR count). The van der Waals surface area contributed by atoms with Crippen molar-refractivity contribution < 1.29 is 32.3 Å². The number of carbonyl (C=O) groups is 3. The minimum atomic E-state index is -4.44. The number of ketones is 1. The summed E-state index contributed by atoms with van der Waals surface area (Å²) in [7, 11) is 1.23. The maximum absolute atomic E-state index is 13.0. The van der Waals surface area contributed by atoms with Crippen molar-refractivity contribution in [3.63, 3.8) is 0 Å². The maximum atomic E-state index is 13.0. The molecule has 0 saturated carbocycles. The van der Waals surface area contributed by atoms with Crippen LogP contribution in [-0.4, -0.2) is 70.8 Å². The molecule has 0 unspecified atom stereocenters. The Morgan fingerprint density at radius 3 is 2.36 bits per heavy atom. The zero-order valence-corrected chi connectivity index (χ0v) is 20.7. The van der Waals surface area contributed by atoms with Gasteiger partial charge in [-0.2, -0.15) is 13.2 Å². The third kappa shape index (κ3) is 5.31. The molecule has 4 aromatic rings. The quantitative estimate of drug-likeness (QED) is 0.233. The summed E-state index contributed by atoms with van der Waals surface area (Å²) >= 11 is 0. The van der Waals surface area contributed by atoms with Gasteiger partial charge >= 0.3 is 12.1 Å². The van der Waals surface area contributed by atoms with Crippen LogP contribution in [0.1, 0.15) is 26.3 Å². The van der Waals surface area contributed by atoms with Crippen LogP contribution in [0.2, 0.25) is 0 Å². The van der Waals surface area contributed by atoms with Crippen molar-refractivity contribution in [1.82, 2.24) is 19.9 Å². The number of hydrogen-bond donors (Lipinski definition) is 1. The molecule has 0 radical (unpaired) electrons. The first kappa shape index (κ1) is 25.9. The monoisotopic (exact) mass is 537 g/mol. The smallest absolute Gasteiger partial charge is 0.416 e. The number of nitrogens with one attached hydrogen (secondary N) is 1. The first-order valence-corrected chi connectivity index (χ1v) is 11.9. The van der Waals surface area contributed by atoms with Gasteiger partial charge in [-0.15, -0.1) is 0 Å². The van der Waals surface area contributed by atoms with Crippen molar-refractivity contribution in [2.75, 3.05) is 38.2 Å². The Hall–Kier alpha value is -4.74. The number of hydrogen-bond acceptors (Lipinski definition) is 7. The highest BCUT2D eigenvalue weighted by Crippen LogP contribution is 2.32. The number of fused-ring (bicyclic) bond motifs is 1. The van der Waals surface area contributed by atoms with Crippen LogP contribution in [0.4, 0.5) is 19.0 Å². The molecule has 1 fully saturated rings. The van der Waals surface area contributed by atoms with Crippen LogP contribution in [0.15, 0.2) is 60.8 Å². The van der Waals surface area contributed by atoms with Gasteiger partial charge in [-0.05, 0) is 42.5 Å². The third-order valence-electron chi connectivity index (χ3n) is 6.46. The third-order valence-corrected chi connectivity index (χ3v) is 6.46. The summed E-state index contributed by atoms with van der Waals surface area (Å²) in [6.07, 6.45) is -2.87. The molecule has 0 spiro atoms. The topological polar surface area (TPSA) is 108 Å². The Bertz CT molecular complexity index is 1560. The number of methoxy groups -OCH3 is 1. The van der Waals surface area contributed by atoms with Crippen LogP contribution in [0, 0.1) is 0 Å². The Kier molecular flexibility index (Phi) is 6.77. The van der Waals surface area contributed by atoms with Gasteiger partial charge in [0.25, 0.3) is 5.91 Å². The number of aromatic nitrogens is 3. The van der Waals surface area contributed by atoms with Gasteiger partial charge in [0, 0.05) is 43.5 Å². The Labute approximate surface area is 220 Å². The number of alkyl halides is 3. The van der Waals surface area contributed by atoms with Gasteiger partial charge in [0.15, 0.2) is 0 Å². The largest absolute Gasteiger partial charge is 0.465 e.